The minimum atomic E-state index is -3.88. The van der Waals surface area contributed by atoms with Gasteiger partial charge in [-0.15, -0.1) is 0 Å². The molecule has 9 heteroatoms. The molecule has 2 saturated heterocycles. The van der Waals surface area contributed by atoms with Crippen molar-refractivity contribution in [3.8, 4) is 5.75 Å². The van der Waals surface area contributed by atoms with Crippen molar-refractivity contribution in [3.63, 3.8) is 0 Å². The van der Waals surface area contributed by atoms with Crippen molar-refractivity contribution < 1.29 is 17.9 Å². The van der Waals surface area contributed by atoms with Gasteiger partial charge in [-0.05, 0) is 73.7 Å². The second-order valence-corrected chi connectivity index (χ2v) is 12.4. The van der Waals surface area contributed by atoms with Gasteiger partial charge in [-0.3, -0.25) is 9.52 Å². The van der Waals surface area contributed by atoms with Gasteiger partial charge in [0, 0.05) is 50.6 Å². The standard InChI is InChI=1S/C32H40N4O4S/c1-3-4-9-25-12-14-26(15-13-25)33-41(38,39)27-16-17-29(34-18-7-8-19-34)28(24-27)32(37)36-22-20-35(21-23-36)30-10-5-6-11-31(30)40-2/h5-6,10-17,24,33H,3-4,7-9,18-23H2,1-2H3. The molecule has 0 spiro atoms. The summed E-state index contributed by atoms with van der Waals surface area (Å²) in [6.07, 6.45) is 5.29. The number of benzene rings is 3. The molecule has 2 aliphatic heterocycles. The number of unbranched alkanes of at least 4 members (excludes halogenated alkanes) is 1. The van der Waals surface area contributed by atoms with Crippen LogP contribution in [-0.2, 0) is 16.4 Å². The second kappa shape index (κ2) is 12.9. The van der Waals surface area contributed by atoms with Gasteiger partial charge in [-0.2, -0.15) is 0 Å². The van der Waals surface area contributed by atoms with E-state index in [-0.39, 0.29) is 10.8 Å². The van der Waals surface area contributed by atoms with E-state index in [0.29, 0.717) is 37.4 Å². The van der Waals surface area contributed by atoms with E-state index in [1.165, 1.54) is 5.56 Å². The minimum Gasteiger partial charge on any atom is -0.495 e. The predicted octanol–water partition coefficient (Wildman–Crippen LogP) is 5.40. The van der Waals surface area contributed by atoms with Gasteiger partial charge in [-0.25, -0.2) is 8.42 Å². The van der Waals surface area contributed by atoms with E-state index in [4.69, 9.17) is 4.74 Å². The van der Waals surface area contributed by atoms with Crippen molar-refractivity contribution >= 4 is 33.0 Å². The summed E-state index contributed by atoms with van der Waals surface area (Å²) in [5.41, 5.74) is 3.95. The molecule has 0 atom stereocenters. The fourth-order valence-electron chi connectivity index (χ4n) is 5.63. The summed E-state index contributed by atoms with van der Waals surface area (Å²) in [5, 5.41) is 0. The lowest BCUT2D eigenvalue weighted by molar-refractivity contribution is 0.0747. The number of hydrogen-bond acceptors (Lipinski definition) is 6. The third-order valence-corrected chi connectivity index (χ3v) is 9.35. The van der Waals surface area contributed by atoms with Crippen LogP contribution in [0.1, 0.15) is 48.5 Å². The molecule has 0 aromatic heterocycles. The molecule has 218 valence electrons. The number of para-hydroxylation sites is 2. The van der Waals surface area contributed by atoms with E-state index < -0.39 is 10.0 Å². The summed E-state index contributed by atoms with van der Waals surface area (Å²) < 4.78 is 35.1. The van der Waals surface area contributed by atoms with Crippen molar-refractivity contribution in [3.05, 3.63) is 77.9 Å². The zero-order valence-corrected chi connectivity index (χ0v) is 24.8. The average Bonchev–Trinajstić information content (AvgIpc) is 3.55. The van der Waals surface area contributed by atoms with Crippen molar-refractivity contribution in [2.24, 2.45) is 0 Å². The zero-order valence-electron chi connectivity index (χ0n) is 24.0. The molecular formula is C32H40N4O4S. The highest BCUT2D eigenvalue weighted by molar-refractivity contribution is 7.92. The van der Waals surface area contributed by atoms with Crippen molar-refractivity contribution in [1.29, 1.82) is 0 Å². The van der Waals surface area contributed by atoms with Crippen molar-refractivity contribution in [2.75, 3.05) is 60.9 Å². The van der Waals surface area contributed by atoms with E-state index in [1.54, 1.807) is 37.4 Å². The lowest BCUT2D eigenvalue weighted by Gasteiger charge is -2.37. The van der Waals surface area contributed by atoms with Crippen molar-refractivity contribution in [1.82, 2.24) is 4.90 Å². The van der Waals surface area contributed by atoms with Gasteiger partial charge in [0.1, 0.15) is 5.75 Å². The number of methoxy groups -OCH3 is 1. The zero-order chi connectivity index (χ0) is 28.8. The molecule has 1 amide bonds. The monoisotopic (exact) mass is 576 g/mol. The van der Waals surface area contributed by atoms with Gasteiger partial charge in [0.2, 0.25) is 0 Å². The number of rotatable bonds is 10. The SMILES string of the molecule is CCCCc1ccc(NS(=O)(=O)c2ccc(N3CCCC3)c(C(=O)N3CCN(c4ccccc4OC)CC3)c2)cc1. The molecular weight excluding hydrogens is 536 g/mol. The number of anilines is 3. The summed E-state index contributed by atoms with van der Waals surface area (Å²) >= 11 is 0. The van der Waals surface area contributed by atoms with Crippen LogP contribution in [0, 0.1) is 0 Å². The molecule has 0 bridgehead atoms. The van der Waals surface area contributed by atoms with E-state index in [1.807, 2.05) is 41.3 Å². The van der Waals surface area contributed by atoms with Crippen LogP contribution >= 0.6 is 0 Å². The number of amides is 1. The molecule has 2 fully saturated rings. The van der Waals surface area contributed by atoms with Crippen LogP contribution in [0.15, 0.2) is 71.6 Å². The maximum Gasteiger partial charge on any atom is 0.261 e. The largest absolute Gasteiger partial charge is 0.495 e. The number of carbonyl (C=O) groups is 1. The highest BCUT2D eigenvalue weighted by atomic mass is 32.2. The summed E-state index contributed by atoms with van der Waals surface area (Å²) in [6, 6.07) is 20.4. The Labute approximate surface area is 244 Å². The fourth-order valence-corrected chi connectivity index (χ4v) is 6.72. The Bertz CT molecular complexity index is 1440. The topological polar surface area (TPSA) is 82.2 Å². The van der Waals surface area contributed by atoms with Crippen LogP contribution in [0.3, 0.4) is 0 Å². The van der Waals surface area contributed by atoms with E-state index in [0.717, 1.165) is 62.3 Å². The lowest BCUT2D eigenvalue weighted by atomic mass is 10.1. The number of hydrogen-bond donors (Lipinski definition) is 1. The van der Waals surface area contributed by atoms with E-state index in [2.05, 4.69) is 21.4 Å². The Morgan fingerprint density at radius 3 is 2.22 bits per heavy atom. The van der Waals surface area contributed by atoms with Crippen LogP contribution in [0.2, 0.25) is 0 Å². The number of nitrogens with zero attached hydrogens (tertiary/aromatic N) is 3. The Balaban J connectivity index is 1.36. The van der Waals surface area contributed by atoms with Crippen LogP contribution in [0.4, 0.5) is 17.1 Å². The molecule has 8 nitrogen and oxygen atoms in total. The molecule has 0 radical (unpaired) electrons. The molecule has 2 heterocycles. The summed E-state index contributed by atoms with van der Waals surface area (Å²) in [6.45, 7) is 6.27. The summed E-state index contributed by atoms with van der Waals surface area (Å²) in [7, 11) is -2.22. The molecule has 41 heavy (non-hydrogen) atoms. The van der Waals surface area contributed by atoms with Crippen LogP contribution in [0.25, 0.3) is 0 Å². The fraction of sp³-hybridized carbons (Fsp3) is 0.406. The smallest absolute Gasteiger partial charge is 0.261 e. The molecule has 3 aromatic rings. The lowest BCUT2D eigenvalue weighted by Crippen LogP contribution is -2.49. The van der Waals surface area contributed by atoms with Gasteiger partial charge in [0.05, 0.1) is 23.3 Å². The minimum absolute atomic E-state index is 0.0894. The third-order valence-electron chi connectivity index (χ3n) is 7.97. The Morgan fingerprint density at radius 1 is 0.854 bits per heavy atom. The van der Waals surface area contributed by atoms with Gasteiger partial charge in [0.15, 0.2) is 0 Å². The first-order chi connectivity index (χ1) is 19.9. The van der Waals surface area contributed by atoms with Crippen molar-refractivity contribution in [2.45, 2.75) is 43.9 Å². The number of carbonyl (C=O) groups excluding carboxylic acids is 1. The molecule has 1 N–H and O–H groups in total. The first kappa shape index (κ1) is 28.8. The molecule has 0 saturated carbocycles. The first-order valence-electron chi connectivity index (χ1n) is 14.6. The highest BCUT2D eigenvalue weighted by Gasteiger charge is 2.29. The number of ether oxygens (including phenoxy) is 1. The predicted molar refractivity (Wildman–Crippen MR) is 165 cm³/mol. The van der Waals surface area contributed by atoms with Crippen LogP contribution < -0.4 is 19.3 Å². The number of aryl methyl sites for hydroxylation is 1. The summed E-state index contributed by atoms with van der Waals surface area (Å²) in [4.78, 5) is 20.3. The number of sulfonamides is 1. The maximum absolute atomic E-state index is 13.9. The van der Waals surface area contributed by atoms with Gasteiger partial charge in [-0.1, -0.05) is 37.6 Å². The average molecular weight is 577 g/mol. The molecule has 5 rings (SSSR count). The third kappa shape index (κ3) is 6.62. The van der Waals surface area contributed by atoms with E-state index >= 15 is 0 Å². The molecule has 0 unspecified atom stereocenters. The van der Waals surface area contributed by atoms with E-state index in [9.17, 15) is 13.2 Å². The van der Waals surface area contributed by atoms with Crippen LogP contribution in [-0.4, -0.2) is 65.6 Å². The molecule has 2 aliphatic rings. The Kier molecular flexibility index (Phi) is 9.03. The number of piperazine rings is 1. The Morgan fingerprint density at radius 2 is 1.54 bits per heavy atom. The Hall–Kier alpha value is -3.72. The molecule has 0 aliphatic carbocycles. The van der Waals surface area contributed by atoms with Gasteiger partial charge in [0.25, 0.3) is 15.9 Å². The van der Waals surface area contributed by atoms with Gasteiger partial charge < -0.3 is 19.4 Å². The normalized spacial score (nSPS) is 15.7. The highest BCUT2D eigenvalue weighted by Crippen LogP contribution is 2.31. The quantitative estimate of drug-likeness (QED) is 0.348. The first-order valence-corrected chi connectivity index (χ1v) is 16.1. The van der Waals surface area contributed by atoms with Crippen LogP contribution in [0.5, 0.6) is 5.75 Å². The second-order valence-electron chi connectivity index (χ2n) is 10.7. The number of nitrogens with one attached hydrogen (secondary N) is 1. The molecule has 3 aromatic carbocycles. The maximum atomic E-state index is 13.9. The van der Waals surface area contributed by atoms with Gasteiger partial charge >= 0.3 is 0 Å². The summed E-state index contributed by atoms with van der Waals surface area (Å²) in [5.74, 6) is 0.675.